The maximum Gasteiger partial charge on any atom is 0.164 e. The van der Waals surface area contributed by atoms with Crippen molar-refractivity contribution < 1.29 is 8.22 Å². The van der Waals surface area contributed by atoms with E-state index >= 15 is 0 Å². The lowest BCUT2D eigenvalue weighted by Crippen LogP contribution is -2.01. The highest BCUT2D eigenvalue weighted by atomic mass is 32.1. The molecule has 0 bridgehead atoms. The van der Waals surface area contributed by atoms with Crippen LogP contribution in [0.5, 0.6) is 0 Å². The van der Waals surface area contributed by atoms with Gasteiger partial charge in [-0.05, 0) is 47.0 Å². The van der Waals surface area contributed by atoms with Gasteiger partial charge < -0.3 is 4.57 Å². The van der Waals surface area contributed by atoms with Gasteiger partial charge in [0.05, 0.1) is 24.9 Å². The zero-order valence-corrected chi connectivity index (χ0v) is 30.5. The summed E-state index contributed by atoms with van der Waals surface area (Å²) >= 11 is 1.73. The highest BCUT2D eigenvalue weighted by molar-refractivity contribution is 7.26. The number of rotatable bonds is 6. The summed E-state index contributed by atoms with van der Waals surface area (Å²) in [6, 6.07) is 50.4. The highest BCUT2D eigenvalue weighted by Crippen LogP contribution is 2.43. The summed E-state index contributed by atoms with van der Waals surface area (Å²) in [5.41, 5.74) is 7.11. The van der Waals surface area contributed by atoms with Crippen molar-refractivity contribution in [1.29, 1.82) is 0 Å². The Labute approximate surface area is 336 Å². The SMILES string of the molecule is [2H]c1cc([2H])c2c(c1[2H])c1c([2H])c([2H])cc([2H])c1n2-c1cc(-c2cccc3c2sc2ccccc23)ccc1-c1cccc(-c2nc(-c3ccccc3)nc(-c3ccccc3)n2)c1. The minimum Gasteiger partial charge on any atom is -0.309 e. The molecule has 11 rings (SSSR count). The summed E-state index contributed by atoms with van der Waals surface area (Å²) < 4.78 is 58.1. The van der Waals surface area contributed by atoms with Crippen LogP contribution in [0.1, 0.15) is 8.22 Å². The van der Waals surface area contributed by atoms with Gasteiger partial charge in [-0.25, -0.2) is 15.0 Å². The molecule has 0 saturated heterocycles. The van der Waals surface area contributed by atoms with Gasteiger partial charge in [0.15, 0.2) is 17.5 Å². The molecule has 3 heterocycles. The van der Waals surface area contributed by atoms with E-state index < -0.39 is 0 Å². The molecule has 0 aliphatic rings. The predicted octanol–water partition coefficient (Wildman–Crippen LogP) is 13.7. The topological polar surface area (TPSA) is 43.6 Å². The Morgan fingerprint density at radius 1 is 0.411 bits per heavy atom. The average Bonchev–Trinajstić information content (AvgIpc) is 3.88. The van der Waals surface area contributed by atoms with E-state index in [0.717, 1.165) is 49.0 Å². The molecule has 11 aromatic rings. The maximum absolute atomic E-state index is 9.30. The molecule has 4 nitrogen and oxygen atoms in total. The zero-order chi connectivity index (χ0) is 42.2. The molecule has 0 aliphatic heterocycles. The lowest BCUT2D eigenvalue weighted by atomic mass is 9.96. The summed E-state index contributed by atoms with van der Waals surface area (Å²) in [6.45, 7) is 0. The summed E-state index contributed by atoms with van der Waals surface area (Å²) in [4.78, 5) is 14.9. The number of hydrogen-bond acceptors (Lipinski definition) is 4. The molecule has 8 aromatic carbocycles. The van der Waals surface area contributed by atoms with E-state index in [-0.39, 0.29) is 47.0 Å². The Hall–Kier alpha value is -7.21. The van der Waals surface area contributed by atoms with Crippen LogP contribution in [0.15, 0.2) is 194 Å². The van der Waals surface area contributed by atoms with Crippen molar-refractivity contribution in [2.24, 2.45) is 0 Å². The van der Waals surface area contributed by atoms with E-state index in [0.29, 0.717) is 34.2 Å². The van der Waals surface area contributed by atoms with Crippen LogP contribution in [0, 0.1) is 0 Å². The molecular formula is C51H32N4S. The van der Waals surface area contributed by atoms with E-state index in [1.54, 1.807) is 15.9 Å². The molecule has 0 amide bonds. The van der Waals surface area contributed by atoms with Crippen LogP contribution < -0.4 is 0 Å². The molecule has 0 fully saturated rings. The van der Waals surface area contributed by atoms with E-state index in [9.17, 15) is 2.74 Å². The fourth-order valence-corrected chi connectivity index (χ4v) is 8.86. The van der Waals surface area contributed by atoms with Crippen LogP contribution >= 0.6 is 11.3 Å². The molecular weight excluding hydrogens is 701 g/mol. The first-order valence-electron chi connectivity index (χ1n) is 21.3. The smallest absolute Gasteiger partial charge is 0.164 e. The molecule has 0 spiro atoms. The van der Waals surface area contributed by atoms with E-state index in [2.05, 4.69) is 48.5 Å². The summed E-state index contributed by atoms with van der Waals surface area (Å²) in [5.74, 6) is 1.56. The zero-order valence-electron chi connectivity index (χ0n) is 35.7. The second-order valence-electron chi connectivity index (χ2n) is 13.5. The lowest BCUT2D eigenvalue weighted by molar-refractivity contribution is 1.07. The lowest BCUT2D eigenvalue weighted by Gasteiger charge is -2.17. The largest absolute Gasteiger partial charge is 0.309 e. The number of hydrogen-bond donors (Lipinski definition) is 0. The van der Waals surface area contributed by atoms with Crippen molar-refractivity contribution in [2.45, 2.75) is 0 Å². The number of aromatic nitrogens is 4. The Kier molecular flexibility index (Phi) is 6.29. The molecule has 3 aromatic heterocycles. The van der Waals surface area contributed by atoms with Crippen molar-refractivity contribution in [3.8, 4) is 62.1 Å². The Bertz CT molecular complexity index is 3480. The van der Waals surface area contributed by atoms with Crippen LogP contribution in [-0.2, 0) is 0 Å². The molecule has 0 radical (unpaired) electrons. The van der Waals surface area contributed by atoms with Gasteiger partial charge in [-0.3, -0.25) is 0 Å². The molecule has 5 heteroatoms. The predicted molar refractivity (Wildman–Crippen MR) is 234 cm³/mol. The minimum atomic E-state index is -0.164. The first-order chi connectivity index (χ1) is 30.2. The first kappa shape index (κ1) is 26.5. The summed E-state index contributed by atoms with van der Waals surface area (Å²) in [7, 11) is 0. The van der Waals surface area contributed by atoms with Gasteiger partial charge in [-0.15, -0.1) is 11.3 Å². The van der Waals surface area contributed by atoms with Crippen LogP contribution in [0.25, 0.3) is 104 Å². The van der Waals surface area contributed by atoms with Crippen molar-refractivity contribution in [3.63, 3.8) is 0 Å². The molecule has 56 heavy (non-hydrogen) atoms. The molecule has 0 N–H and O–H groups in total. The third-order valence-corrected chi connectivity index (χ3v) is 11.4. The molecule has 0 unspecified atom stereocenters. The third-order valence-electron chi connectivity index (χ3n) is 10.2. The monoisotopic (exact) mass is 738 g/mol. The maximum atomic E-state index is 9.30. The molecule has 0 atom stereocenters. The fourth-order valence-electron chi connectivity index (χ4n) is 7.62. The van der Waals surface area contributed by atoms with Gasteiger partial charge in [0.25, 0.3) is 0 Å². The van der Waals surface area contributed by atoms with Gasteiger partial charge in [0.1, 0.15) is 0 Å². The van der Waals surface area contributed by atoms with E-state index in [4.69, 9.17) is 20.4 Å². The van der Waals surface area contributed by atoms with E-state index in [1.165, 1.54) is 22.2 Å². The second-order valence-corrected chi connectivity index (χ2v) is 14.6. The van der Waals surface area contributed by atoms with Crippen LogP contribution in [0.4, 0.5) is 0 Å². The van der Waals surface area contributed by atoms with Crippen LogP contribution in [0.3, 0.4) is 0 Å². The van der Waals surface area contributed by atoms with Crippen molar-refractivity contribution in [2.75, 3.05) is 0 Å². The molecule has 0 saturated carbocycles. The van der Waals surface area contributed by atoms with Crippen LogP contribution in [0.2, 0.25) is 0 Å². The van der Waals surface area contributed by atoms with Crippen molar-refractivity contribution in [1.82, 2.24) is 19.5 Å². The Balaban J connectivity index is 1.20. The quantitative estimate of drug-likeness (QED) is 0.171. The number of thiophene rings is 1. The average molecular weight is 739 g/mol. The summed E-state index contributed by atoms with van der Waals surface area (Å²) in [6.07, 6.45) is 0. The number of benzene rings is 8. The van der Waals surface area contributed by atoms with Gasteiger partial charge in [0, 0.05) is 53.2 Å². The number of para-hydroxylation sites is 2. The fraction of sp³-hybridized carbons (Fsp3) is 0. The van der Waals surface area contributed by atoms with Gasteiger partial charge in [-0.1, -0.05) is 164 Å². The Morgan fingerprint density at radius 3 is 1.66 bits per heavy atom. The van der Waals surface area contributed by atoms with Gasteiger partial charge >= 0.3 is 0 Å². The first-order valence-corrected chi connectivity index (χ1v) is 19.1. The van der Waals surface area contributed by atoms with Gasteiger partial charge in [-0.2, -0.15) is 0 Å². The van der Waals surface area contributed by atoms with Crippen molar-refractivity contribution >= 4 is 53.3 Å². The van der Waals surface area contributed by atoms with E-state index in [1.807, 2.05) is 97.1 Å². The number of fused-ring (bicyclic) bond motifs is 6. The standard InChI is InChI=1S/C51H32N4S/c1-3-15-33(16-4-1)49-52-50(34-17-5-2-6-18-34)54-51(53-49)37-20-13-19-35(31-37)38-30-29-36(39-24-14-25-43-42-23-9-12-28-47(42)56-48(39)43)32-46(38)55-44-26-10-7-21-40(44)41-22-8-11-27-45(41)55/h1-32H/i7D,8D,21D,22D,26D,27D. The Morgan fingerprint density at radius 2 is 0.964 bits per heavy atom. The minimum absolute atomic E-state index is 0.0219. The normalized spacial score (nSPS) is 13.1. The molecule has 262 valence electrons. The van der Waals surface area contributed by atoms with Crippen molar-refractivity contribution in [3.05, 3.63) is 194 Å². The third kappa shape index (κ3) is 5.40. The summed E-state index contributed by atoms with van der Waals surface area (Å²) in [5, 5.41) is 2.73. The van der Waals surface area contributed by atoms with Crippen LogP contribution in [-0.4, -0.2) is 19.5 Å². The highest BCUT2D eigenvalue weighted by Gasteiger charge is 2.19. The second kappa shape index (κ2) is 13.3. The number of nitrogens with zero attached hydrogens (tertiary/aromatic N) is 4. The van der Waals surface area contributed by atoms with Gasteiger partial charge in [0.2, 0.25) is 0 Å². The molecule has 0 aliphatic carbocycles.